The van der Waals surface area contributed by atoms with Gasteiger partial charge in [0.15, 0.2) is 0 Å². The van der Waals surface area contributed by atoms with Crippen molar-refractivity contribution in [1.29, 1.82) is 0 Å². The van der Waals surface area contributed by atoms with Crippen molar-refractivity contribution in [2.24, 2.45) is 5.84 Å². The third kappa shape index (κ3) is 2.88. The van der Waals surface area contributed by atoms with E-state index in [0.29, 0.717) is 5.56 Å². The molecule has 1 aliphatic rings. The molecule has 4 heteroatoms. The van der Waals surface area contributed by atoms with Gasteiger partial charge in [-0.15, -0.1) is 0 Å². The summed E-state index contributed by atoms with van der Waals surface area (Å²) >= 11 is 0. The summed E-state index contributed by atoms with van der Waals surface area (Å²) in [4.78, 5) is 0. The van der Waals surface area contributed by atoms with E-state index in [1.165, 1.54) is 0 Å². The van der Waals surface area contributed by atoms with Gasteiger partial charge in [0.1, 0.15) is 5.82 Å². The summed E-state index contributed by atoms with van der Waals surface area (Å²) < 4.78 is 19.7. The molecule has 1 aromatic carbocycles. The van der Waals surface area contributed by atoms with Gasteiger partial charge in [0.25, 0.3) is 0 Å². The largest absolute Gasteiger partial charge is 0.378 e. The molecule has 0 saturated carbocycles. The van der Waals surface area contributed by atoms with Crippen molar-refractivity contribution >= 4 is 0 Å². The predicted octanol–water partition coefficient (Wildman–Crippen LogP) is 2.52. The van der Waals surface area contributed by atoms with E-state index in [4.69, 9.17) is 10.6 Å². The Balaban J connectivity index is 2.21. The standard InChI is InChI=1S/C14H21FN2O/c1-9-6-10(2)14(12(15)7-9)13(17-16)8-11-4-3-5-18-11/h6-7,11,13,17H,3-5,8,16H2,1-2H3. The van der Waals surface area contributed by atoms with Crippen LogP contribution >= 0.6 is 0 Å². The number of aryl methyl sites for hydroxylation is 2. The van der Waals surface area contributed by atoms with Crippen molar-refractivity contribution < 1.29 is 9.13 Å². The molecule has 2 atom stereocenters. The molecule has 1 saturated heterocycles. The quantitative estimate of drug-likeness (QED) is 0.639. The van der Waals surface area contributed by atoms with E-state index in [1.54, 1.807) is 6.07 Å². The van der Waals surface area contributed by atoms with Gasteiger partial charge in [0, 0.05) is 12.2 Å². The van der Waals surface area contributed by atoms with Crippen LogP contribution in [-0.2, 0) is 4.74 Å². The number of nitrogens with two attached hydrogens (primary N) is 1. The molecule has 1 heterocycles. The third-order valence-corrected chi connectivity index (χ3v) is 3.55. The van der Waals surface area contributed by atoms with Crippen LogP contribution in [0.1, 0.15) is 42.0 Å². The van der Waals surface area contributed by atoms with E-state index in [9.17, 15) is 4.39 Å². The van der Waals surface area contributed by atoms with Gasteiger partial charge < -0.3 is 4.74 Å². The molecule has 2 unspecified atom stereocenters. The van der Waals surface area contributed by atoms with E-state index in [-0.39, 0.29) is 18.0 Å². The van der Waals surface area contributed by atoms with Crippen LogP contribution in [-0.4, -0.2) is 12.7 Å². The number of hydrogen-bond donors (Lipinski definition) is 2. The molecule has 0 aliphatic carbocycles. The summed E-state index contributed by atoms with van der Waals surface area (Å²) in [6.07, 6.45) is 3.02. The first-order valence-electron chi connectivity index (χ1n) is 6.46. The Hall–Kier alpha value is -0.970. The zero-order chi connectivity index (χ0) is 13.1. The first kappa shape index (κ1) is 13.5. The molecule has 1 aromatic rings. The summed E-state index contributed by atoms with van der Waals surface area (Å²) in [5, 5.41) is 0. The van der Waals surface area contributed by atoms with Gasteiger partial charge in [-0.3, -0.25) is 11.3 Å². The number of rotatable bonds is 4. The zero-order valence-corrected chi connectivity index (χ0v) is 11.0. The van der Waals surface area contributed by atoms with Gasteiger partial charge >= 0.3 is 0 Å². The Morgan fingerprint density at radius 1 is 1.50 bits per heavy atom. The van der Waals surface area contributed by atoms with Crippen LogP contribution in [0.15, 0.2) is 12.1 Å². The van der Waals surface area contributed by atoms with Crippen molar-refractivity contribution in [3.63, 3.8) is 0 Å². The lowest BCUT2D eigenvalue weighted by Crippen LogP contribution is -2.32. The maximum Gasteiger partial charge on any atom is 0.128 e. The normalized spacial score (nSPS) is 21.2. The highest BCUT2D eigenvalue weighted by atomic mass is 19.1. The minimum Gasteiger partial charge on any atom is -0.378 e. The number of benzene rings is 1. The van der Waals surface area contributed by atoms with Crippen LogP contribution in [0.3, 0.4) is 0 Å². The molecule has 3 N–H and O–H groups in total. The molecule has 2 rings (SSSR count). The highest BCUT2D eigenvalue weighted by molar-refractivity contribution is 5.34. The zero-order valence-electron chi connectivity index (χ0n) is 11.0. The van der Waals surface area contributed by atoms with Crippen molar-refractivity contribution in [2.75, 3.05) is 6.61 Å². The lowest BCUT2D eigenvalue weighted by atomic mass is 9.94. The fourth-order valence-corrected chi connectivity index (χ4v) is 2.73. The lowest BCUT2D eigenvalue weighted by Gasteiger charge is -2.22. The van der Waals surface area contributed by atoms with Crippen molar-refractivity contribution in [3.05, 3.63) is 34.6 Å². The van der Waals surface area contributed by atoms with E-state index >= 15 is 0 Å². The Morgan fingerprint density at radius 2 is 2.28 bits per heavy atom. The molecule has 0 bridgehead atoms. The molecule has 18 heavy (non-hydrogen) atoms. The smallest absolute Gasteiger partial charge is 0.128 e. The minimum absolute atomic E-state index is 0.186. The van der Waals surface area contributed by atoms with Gasteiger partial charge in [-0.05, 0) is 50.3 Å². The second-order valence-corrected chi connectivity index (χ2v) is 5.07. The molecule has 0 amide bonds. The van der Waals surface area contributed by atoms with Crippen LogP contribution in [0, 0.1) is 19.7 Å². The van der Waals surface area contributed by atoms with E-state index in [2.05, 4.69) is 5.43 Å². The number of halogens is 1. The number of nitrogens with one attached hydrogen (secondary N) is 1. The fraction of sp³-hybridized carbons (Fsp3) is 0.571. The van der Waals surface area contributed by atoms with Crippen LogP contribution in [0.25, 0.3) is 0 Å². The Labute approximate surface area is 107 Å². The summed E-state index contributed by atoms with van der Waals surface area (Å²) in [6.45, 7) is 4.62. The van der Waals surface area contributed by atoms with Crippen molar-refractivity contribution in [3.8, 4) is 0 Å². The average molecular weight is 252 g/mol. The van der Waals surface area contributed by atoms with E-state index in [1.807, 2.05) is 19.9 Å². The van der Waals surface area contributed by atoms with Gasteiger partial charge in [0.05, 0.1) is 12.1 Å². The molecular formula is C14H21FN2O. The molecule has 1 fully saturated rings. The maximum absolute atomic E-state index is 14.1. The van der Waals surface area contributed by atoms with Gasteiger partial charge in [-0.25, -0.2) is 4.39 Å². The summed E-state index contributed by atoms with van der Waals surface area (Å²) in [5.41, 5.74) is 5.26. The SMILES string of the molecule is Cc1cc(C)c(C(CC2CCCO2)NN)c(F)c1. The van der Waals surface area contributed by atoms with Crippen LogP contribution in [0.2, 0.25) is 0 Å². The summed E-state index contributed by atoms with van der Waals surface area (Å²) in [5.74, 6) is 5.40. The highest BCUT2D eigenvalue weighted by Crippen LogP contribution is 2.29. The third-order valence-electron chi connectivity index (χ3n) is 3.55. The average Bonchev–Trinajstić information content (AvgIpc) is 2.79. The van der Waals surface area contributed by atoms with Gasteiger partial charge in [0.2, 0.25) is 0 Å². The lowest BCUT2D eigenvalue weighted by molar-refractivity contribution is 0.0941. The first-order valence-corrected chi connectivity index (χ1v) is 6.46. The molecule has 0 radical (unpaired) electrons. The minimum atomic E-state index is -0.187. The second kappa shape index (κ2) is 5.78. The predicted molar refractivity (Wildman–Crippen MR) is 69.5 cm³/mol. The topological polar surface area (TPSA) is 47.3 Å². The Bertz CT molecular complexity index is 393. The maximum atomic E-state index is 14.1. The first-order chi connectivity index (χ1) is 8.61. The van der Waals surface area contributed by atoms with Crippen LogP contribution in [0.5, 0.6) is 0 Å². The van der Waals surface area contributed by atoms with E-state index in [0.717, 1.165) is 37.0 Å². The highest BCUT2D eigenvalue weighted by Gasteiger charge is 2.24. The molecule has 0 spiro atoms. The summed E-state index contributed by atoms with van der Waals surface area (Å²) in [7, 11) is 0. The van der Waals surface area contributed by atoms with Gasteiger partial charge in [-0.1, -0.05) is 6.07 Å². The number of hydrazine groups is 1. The second-order valence-electron chi connectivity index (χ2n) is 5.07. The monoisotopic (exact) mass is 252 g/mol. The molecule has 3 nitrogen and oxygen atoms in total. The van der Waals surface area contributed by atoms with Crippen LogP contribution < -0.4 is 11.3 Å². The molecule has 1 aliphatic heterocycles. The molecule has 0 aromatic heterocycles. The number of ether oxygens (including phenoxy) is 1. The van der Waals surface area contributed by atoms with Crippen molar-refractivity contribution in [1.82, 2.24) is 5.43 Å². The summed E-state index contributed by atoms with van der Waals surface area (Å²) in [6, 6.07) is 3.36. The fourth-order valence-electron chi connectivity index (χ4n) is 2.73. The number of hydrogen-bond acceptors (Lipinski definition) is 3. The van der Waals surface area contributed by atoms with Gasteiger partial charge in [-0.2, -0.15) is 0 Å². The van der Waals surface area contributed by atoms with Crippen LogP contribution in [0.4, 0.5) is 4.39 Å². The Morgan fingerprint density at radius 3 is 2.83 bits per heavy atom. The molecular weight excluding hydrogens is 231 g/mol. The van der Waals surface area contributed by atoms with E-state index < -0.39 is 0 Å². The molecule has 100 valence electrons. The Kier molecular flexibility index (Phi) is 4.32. The van der Waals surface area contributed by atoms with Crippen molar-refractivity contribution in [2.45, 2.75) is 45.3 Å².